The Morgan fingerprint density at radius 1 is 1.29 bits per heavy atom. The highest BCUT2D eigenvalue weighted by molar-refractivity contribution is 14.0. The van der Waals surface area contributed by atoms with E-state index < -0.39 is 5.82 Å². The van der Waals surface area contributed by atoms with E-state index in [1.165, 1.54) is 6.07 Å². The van der Waals surface area contributed by atoms with E-state index in [0.29, 0.717) is 25.0 Å². The summed E-state index contributed by atoms with van der Waals surface area (Å²) in [6.45, 7) is 5.07. The summed E-state index contributed by atoms with van der Waals surface area (Å²) < 4.78 is 18.4. The molecule has 0 bridgehead atoms. The fraction of sp³-hybridized carbons (Fsp3) is 0.375. The third-order valence-corrected chi connectivity index (χ3v) is 3.56. The Morgan fingerprint density at radius 3 is 2.58 bits per heavy atom. The van der Waals surface area contributed by atoms with Crippen molar-refractivity contribution in [2.45, 2.75) is 32.9 Å². The van der Waals surface area contributed by atoms with Gasteiger partial charge in [0.25, 0.3) is 0 Å². The summed E-state index contributed by atoms with van der Waals surface area (Å²) in [6, 6.07) is 6.53. The monoisotopic (exact) mass is 466 g/mol. The molecule has 2 N–H and O–H groups in total. The van der Waals surface area contributed by atoms with Crippen molar-refractivity contribution in [3.63, 3.8) is 0 Å². The van der Waals surface area contributed by atoms with E-state index >= 15 is 0 Å². The van der Waals surface area contributed by atoms with Crippen LogP contribution in [0.15, 0.2) is 33.8 Å². The molecule has 0 aliphatic carbocycles. The van der Waals surface area contributed by atoms with Crippen molar-refractivity contribution < 1.29 is 8.91 Å². The molecule has 0 saturated heterocycles. The number of benzene rings is 1. The summed E-state index contributed by atoms with van der Waals surface area (Å²) in [7, 11) is 1.67. The second kappa shape index (κ2) is 9.83. The van der Waals surface area contributed by atoms with Gasteiger partial charge < -0.3 is 15.2 Å². The zero-order chi connectivity index (χ0) is 16.8. The number of halogens is 3. The number of hydrogen-bond donors (Lipinski definition) is 2. The molecule has 0 fully saturated rings. The van der Waals surface area contributed by atoms with Crippen LogP contribution in [0.4, 0.5) is 4.39 Å². The van der Waals surface area contributed by atoms with E-state index in [9.17, 15) is 4.39 Å². The molecule has 0 aliphatic heterocycles. The molecule has 0 radical (unpaired) electrons. The highest BCUT2D eigenvalue weighted by atomic mass is 127. The minimum atomic E-state index is -0.427. The van der Waals surface area contributed by atoms with Crippen LogP contribution in [-0.4, -0.2) is 18.2 Å². The highest BCUT2D eigenvalue weighted by Crippen LogP contribution is 2.16. The van der Waals surface area contributed by atoms with Gasteiger partial charge in [0, 0.05) is 19.7 Å². The van der Waals surface area contributed by atoms with Crippen molar-refractivity contribution in [1.82, 2.24) is 15.8 Å². The van der Waals surface area contributed by atoms with Crippen LogP contribution in [-0.2, 0) is 13.1 Å². The van der Waals surface area contributed by atoms with Gasteiger partial charge in [-0.25, -0.2) is 4.39 Å². The molecule has 0 saturated carbocycles. The number of hydrogen-bond acceptors (Lipinski definition) is 3. The molecule has 0 amide bonds. The Kier molecular flexibility index (Phi) is 8.47. The molecule has 0 unspecified atom stereocenters. The fourth-order valence-electron chi connectivity index (χ4n) is 1.91. The van der Waals surface area contributed by atoms with Gasteiger partial charge in [-0.2, -0.15) is 0 Å². The van der Waals surface area contributed by atoms with Crippen molar-refractivity contribution in [1.29, 1.82) is 0 Å². The number of nitrogens with one attached hydrogen (secondary N) is 2. The zero-order valence-electron chi connectivity index (χ0n) is 13.8. The van der Waals surface area contributed by atoms with Gasteiger partial charge in [0.2, 0.25) is 0 Å². The van der Waals surface area contributed by atoms with Gasteiger partial charge >= 0.3 is 0 Å². The van der Waals surface area contributed by atoms with E-state index in [4.69, 9.17) is 16.1 Å². The second-order valence-corrected chi connectivity index (χ2v) is 5.81. The molecule has 1 heterocycles. The Hall–Kier alpha value is -1.35. The van der Waals surface area contributed by atoms with E-state index in [0.717, 1.165) is 17.0 Å². The van der Waals surface area contributed by atoms with E-state index in [1.807, 2.05) is 6.07 Å². The van der Waals surface area contributed by atoms with E-state index in [-0.39, 0.29) is 29.0 Å². The lowest BCUT2D eigenvalue weighted by atomic mass is 10.1. The SMILES string of the molecule is CN=C(NCc1ccc(F)c(Cl)c1)NCc1cc(C(C)C)no1.I. The summed E-state index contributed by atoms with van der Waals surface area (Å²) in [5.74, 6) is 1.24. The fourth-order valence-corrected chi connectivity index (χ4v) is 2.11. The summed E-state index contributed by atoms with van der Waals surface area (Å²) in [6.07, 6.45) is 0. The average Bonchev–Trinajstić information content (AvgIpc) is 3.00. The van der Waals surface area contributed by atoms with Crippen molar-refractivity contribution in [3.05, 3.63) is 52.1 Å². The molecule has 0 spiro atoms. The standard InChI is InChI=1S/C16H20ClFN4O.HI/c1-10(2)15-7-12(23-22-15)9-21-16(19-3)20-8-11-4-5-14(18)13(17)6-11;/h4-7,10H,8-9H2,1-3H3,(H2,19,20,21);1H. The first-order valence-electron chi connectivity index (χ1n) is 7.33. The summed E-state index contributed by atoms with van der Waals surface area (Å²) in [4.78, 5) is 4.13. The summed E-state index contributed by atoms with van der Waals surface area (Å²) in [5.41, 5.74) is 1.78. The van der Waals surface area contributed by atoms with Crippen molar-refractivity contribution >= 4 is 41.5 Å². The van der Waals surface area contributed by atoms with Gasteiger partial charge in [-0.05, 0) is 23.6 Å². The van der Waals surface area contributed by atoms with Crippen LogP contribution in [0.25, 0.3) is 0 Å². The molecular weight excluding hydrogens is 446 g/mol. The van der Waals surface area contributed by atoms with Gasteiger partial charge in [0.1, 0.15) is 5.82 Å². The maximum atomic E-state index is 13.1. The number of aromatic nitrogens is 1. The molecule has 0 atom stereocenters. The lowest BCUT2D eigenvalue weighted by molar-refractivity contribution is 0.372. The largest absolute Gasteiger partial charge is 0.359 e. The van der Waals surface area contributed by atoms with Gasteiger partial charge in [-0.15, -0.1) is 24.0 Å². The van der Waals surface area contributed by atoms with Crippen molar-refractivity contribution in [2.24, 2.45) is 4.99 Å². The summed E-state index contributed by atoms with van der Waals surface area (Å²) >= 11 is 5.76. The summed E-state index contributed by atoms with van der Waals surface area (Å²) in [5, 5.41) is 10.4. The molecule has 2 aromatic rings. The molecule has 8 heteroatoms. The normalized spacial score (nSPS) is 11.3. The highest BCUT2D eigenvalue weighted by Gasteiger charge is 2.08. The molecule has 24 heavy (non-hydrogen) atoms. The topological polar surface area (TPSA) is 62.5 Å². The molecule has 5 nitrogen and oxygen atoms in total. The number of guanidine groups is 1. The van der Waals surface area contributed by atoms with Crippen LogP contribution in [0.1, 0.15) is 36.8 Å². The van der Waals surface area contributed by atoms with Crippen molar-refractivity contribution in [3.8, 4) is 0 Å². The molecule has 1 aromatic carbocycles. The smallest absolute Gasteiger partial charge is 0.191 e. The third kappa shape index (κ3) is 5.94. The number of nitrogens with zero attached hydrogens (tertiary/aromatic N) is 2. The first kappa shape index (κ1) is 20.7. The Labute approximate surface area is 163 Å². The Bertz CT molecular complexity index is 690. The van der Waals surface area contributed by atoms with Gasteiger partial charge in [0.15, 0.2) is 11.7 Å². The molecule has 2 rings (SSSR count). The first-order valence-corrected chi connectivity index (χ1v) is 7.71. The van der Waals surface area contributed by atoms with Gasteiger partial charge in [0.05, 0.1) is 17.3 Å². The molecule has 0 aliphatic rings. The molecule has 132 valence electrons. The second-order valence-electron chi connectivity index (χ2n) is 5.40. The molecular formula is C16H21ClFIN4O. The van der Waals surface area contributed by atoms with Crippen LogP contribution in [0.2, 0.25) is 5.02 Å². The number of rotatable bonds is 5. The van der Waals surface area contributed by atoms with Crippen molar-refractivity contribution in [2.75, 3.05) is 7.05 Å². The predicted octanol–water partition coefficient (Wildman–Crippen LogP) is 4.07. The van der Waals surface area contributed by atoms with Crippen LogP contribution in [0, 0.1) is 5.82 Å². The minimum absolute atomic E-state index is 0. The third-order valence-electron chi connectivity index (χ3n) is 3.27. The average molecular weight is 467 g/mol. The van der Waals surface area contributed by atoms with Gasteiger partial charge in [-0.1, -0.05) is 36.7 Å². The molecule has 1 aromatic heterocycles. The van der Waals surface area contributed by atoms with Crippen LogP contribution in [0.3, 0.4) is 0 Å². The maximum absolute atomic E-state index is 13.1. The lowest BCUT2D eigenvalue weighted by Gasteiger charge is -2.11. The van der Waals surface area contributed by atoms with Crippen LogP contribution >= 0.6 is 35.6 Å². The first-order chi connectivity index (χ1) is 11.0. The van der Waals surface area contributed by atoms with E-state index in [1.54, 1.807) is 19.2 Å². The zero-order valence-corrected chi connectivity index (χ0v) is 16.9. The van der Waals surface area contributed by atoms with Crippen LogP contribution in [0.5, 0.6) is 0 Å². The lowest BCUT2D eigenvalue weighted by Crippen LogP contribution is -2.36. The quantitative estimate of drug-likeness (QED) is 0.396. The minimum Gasteiger partial charge on any atom is -0.359 e. The Balaban J connectivity index is 0.00000288. The van der Waals surface area contributed by atoms with E-state index in [2.05, 4.69) is 34.6 Å². The Morgan fingerprint density at radius 2 is 2.00 bits per heavy atom. The predicted molar refractivity (Wildman–Crippen MR) is 104 cm³/mol. The number of aliphatic imine (C=N–C) groups is 1. The maximum Gasteiger partial charge on any atom is 0.191 e. The van der Waals surface area contributed by atoms with Gasteiger partial charge in [-0.3, -0.25) is 4.99 Å². The van der Waals surface area contributed by atoms with Crippen LogP contribution < -0.4 is 10.6 Å².